The van der Waals surface area contributed by atoms with Crippen LogP contribution in [0.4, 0.5) is 5.69 Å². The number of anilines is 1. The molecule has 0 atom stereocenters. The fourth-order valence-electron chi connectivity index (χ4n) is 3.69. The Bertz CT molecular complexity index is 1280. The van der Waals surface area contributed by atoms with Gasteiger partial charge < -0.3 is 20.4 Å². The highest BCUT2D eigenvalue weighted by Crippen LogP contribution is 2.39. The number of hydrogen-bond acceptors (Lipinski definition) is 3. The number of aromatic nitrogens is 3. The lowest BCUT2D eigenvalue weighted by Gasteiger charge is -2.09. The molecule has 2 aromatic heterocycles. The molecule has 27 heavy (non-hydrogen) atoms. The third kappa shape index (κ3) is 2.36. The van der Waals surface area contributed by atoms with Crippen LogP contribution in [0.15, 0.2) is 67.1 Å². The van der Waals surface area contributed by atoms with Crippen molar-refractivity contribution in [1.82, 2.24) is 15.0 Å². The van der Waals surface area contributed by atoms with Crippen molar-refractivity contribution in [2.24, 2.45) is 0 Å². The Labute approximate surface area is 155 Å². The highest BCUT2D eigenvalue weighted by molar-refractivity contribution is 6.04. The van der Waals surface area contributed by atoms with Gasteiger partial charge in [-0.3, -0.25) is 0 Å². The Hall–Kier alpha value is -3.73. The molecule has 0 saturated carbocycles. The maximum Gasteiger partial charge on any atom is 0.126 e. The van der Waals surface area contributed by atoms with Crippen LogP contribution in [-0.4, -0.2) is 22.1 Å². The molecule has 0 bridgehead atoms. The third-order valence-corrected chi connectivity index (χ3v) is 4.99. The summed E-state index contributed by atoms with van der Waals surface area (Å²) < 4.78 is 5.55. The molecule has 132 valence electrons. The van der Waals surface area contributed by atoms with Gasteiger partial charge in [-0.15, -0.1) is 0 Å². The number of fused-ring (bicyclic) bond motifs is 2. The second-order valence-corrected chi connectivity index (χ2v) is 6.49. The molecule has 0 radical (unpaired) electrons. The number of rotatable bonds is 3. The van der Waals surface area contributed by atoms with Gasteiger partial charge in [0.1, 0.15) is 5.75 Å². The van der Waals surface area contributed by atoms with Crippen molar-refractivity contribution in [2.75, 3.05) is 12.8 Å². The number of ether oxygens (including phenoxy) is 1. The van der Waals surface area contributed by atoms with Gasteiger partial charge in [0.25, 0.3) is 0 Å². The predicted molar refractivity (Wildman–Crippen MR) is 110 cm³/mol. The zero-order valence-corrected chi connectivity index (χ0v) is 14.8. The summed E-state index contributed by atoms with van der Waals surface area (Å²) in [6.07, 6.45) is 3.72. The quantitative estimate of drug-likeness (QED) is 0.400. The predicted octanol–water partition coefficient (Wildman–Crippen LogP) is 4.97. The highest BCUT2D eigenvalue weighted by Gasteiger charge is 2.14. The number of nitrogens with one attached hydrogen (secondary N) is 2. The van der Waals surface area contributed by atoms with E-state index in [-0.39, 0.29) is 0 Å². The van der Waals surface area contributed by atoms with Crippen LogP contribution in [0.25, 0.3) is 44.2 Å². The van der Waals surface area contributed by atoms with E-state index in [4.69, 9.17) is 10.5 Å². The first-order valence-electron chi connectivity index (χ1n) is 8.72. The number of hydrogen-bond donors (Lipinski definition) is 3. The Morgan fingerprint density at radius 1 is 0.926 bits per heavy atom. The Balaban J connectivity index is 1.77. The van der Waals surface area contributed by atoms with Gasteiger partial charge in [-0.05, 0) is 35.9 Å². The lowest BCUT2D eigenvalue weighted by molar-refractivity contribution is 0.416. The van der Waals surface area contributed by atoms with E-state index in [0.29, 0.717) is 5.69 Å². The van der Waals surface area contributed by atoms with E-state index < -0.39 is 0 Å². The number of aromatic amines is 2. The van der Waals surface area contributed by atoms with E-state index in [9.17, 15) is 0 Å². The number of benzene rings is 3. The summed E-state index contributed by atoms with van der Waals surface area (Å²) in [6.45, 7) is 0. The number of imidazole rings is 1. The van der Waals surface area contributed by atoms with Crippen molar-refractivity contribution < 1.29 is 4.74 Å². The van der Waals surface area contributed by atoms with Crippen LogP contribution < -0.4 is 10.5 Å². The molecule has 2 heterocycles. The van der Waals surface area contributed by atoms with Crippen LogP contribution in [-0.2, 0) is 0 Å². The molecule has 0 amide bonds. The van der Waals surface area contributed by atoms with Crippen molar-refractivity contribution >= 4 is 27.6 Å². The molecule has 5 nitrogen and oxygen atoms in total. The summed E-state index contributed by atoms with van der Waals surface area (Å²) in [5.41, 5.74) is 14.1. The standard InChI is InChI=1S/C22H18N4O/c1-27-20-5-3-2-4-14(20)16-11-24-18-8-6-13(10-15(16)18)21-17(23)7-9-19-22(21)26-12-25-19/h2-12,24H,23H2,1H3,(H,25,26). The van der Waals surface area contributed by atoms with Gasteiger partial charge in [-0.2, -0.15) is 0 Å². The smallest absolute Gasteiger partial charge is 0.126 e. The molecule has 5 rings (SSSR count). The normalized spacial score (nSPS) is 11.3. The van der Waals surface area contributed by atoms with E-state index in [1.54, 1.807) is 13.4 Å². The first kappa shape index (κ1) is 15.5. The number of H-pyrrole nitrogens is 2. The zero-order valence-electron chi connectivity index (χ0n) is 14.8. The molecule has 5 heteroatoms. The molecular formula is C22H18N4O. The van der Waals surface area contributed by atoms with E-state index in [2.05, 4.69) is 39.2 Å². The average molecular weight is 354 g/mol. The molecule has 0 saturated heterocycles. The lowest BCUT2D eigenvalue weighted by Crippen LogP contribution is -1.91. The number of nitrogens with two attached hydrogens (primary N) is 1. The second-order valence-electron chi connectivity index (χ2n) is 6.49. The molecule has 3 aromatic carbocycles. The van der Waals surface area contributed by atoms with Gasteiger partial charge >= 0.3 is 0 Å². The topological polar surface area (TPSA) is 79.7 Å². The van der Waals surface area contributed by atoms with Crippen molar-refractivity contribution in [3.8, 4) is 28.0 Å². The summed E-state index contributed by atoms with van der Waals surface area (Å²) in [4.78, 5) is 11.0. The number of nitrogens with zero attached hydrogens (tertiary/aromatic N) is 1. The van der Waals surface area contributed by atoms with Gasteiger partial charge in [0, 0.05) is 39.5 Å². The number of para-hydroxylation sites is 1. The van der Waals surface area contributed by atoms with Gasteiger partial charge in [0.15, 0.2) is 0 Å². The fraction of sp³-hybridized carbons (Fsp3) is 0.0455. The molecule has 0 spiro atoms. The van der Waals surface area contributed by atoms with Crippen LogP contribution in [0.1, 0.15) is 0 Å². The van der Waals surface area contributed by atoms with Gasteiger partial charge in [0.2, 0.25) is 0 Å². The Kier molecular flexibility index (Phi) is 3.40. The zero-order chi connectivity index (χ0) is 18.4. The van der Waals surface area contributed by atoms with Crippen LogP contribution in [0, 0.1) is 0 Å². The minimum Gasteiger partial charge on any atom is -0.496 e. The average Bonchev–Trinajstić information content (AvgIpc) is 3.34. The maximum atomic E-state index is 6.31. The third-order valence-electron chi connectivity index (χ3n) is 4.99. The van der Waals surface area contributed by atoms with Gasteiger partial charge in [-0.1, -0.05) is 24.3 Å². The summed E-state index contributed by atoms with van der Waals surface area (Å²) in [7, 11) is 1.69. The number of nitrogen functional groups attached to an aromatic ring is 1. The van der Waals surface area contributed by atoms with Crippen LogP contribution in [0.2, 0.25) is 0 Å². The van der Waals surface area contributed by atoms with Crippen molar-refractivity contribution in [2.45, 2.75) is 0 Å². The van der Waals surface area contributed by atoms with E-state index >= 15 is 0 Å². The summed E-state index contributed by atoms with van der Waals surface area (Å²) in [5.74, 6) is 0.845. The maximum absolute atomic E-state index is 6.31. The molecule has 5 aromatic rings. The summed E-state index contributed by atoms with van der Waals surface area (Å²) >= 11 is 0. The van der Waals surface area contributed by atoms with E-state index in [1.165, 1.54) is 0 Å². The van der Waals surface area contributed by atoms with Crippen LogP contribution in [0.5, 0.6) is 5.75 Å². The van der Waals surface area contributed by atoms with E-state index in [1.807, 2.05) is 36.5 Å². The molecule has 0 aliphatic heterocycles. The van der Waals surface area contributed by atoms with Gasteiger partial charge in [0.05, 0.1) is 24.5 Å². The Morgan fingerprint density at radius 3 is 2.67 bits per heavy atom. The second kappa shape index (κ2) is 5.92. The van der Waals surface area contributed by atoms with Crippen molar-refractivity contribution in [3.05, 3.63) is 67.1 Å². The first-order chi connectivity index (χ1) is 13.3. The lowest BCUT2D eigenvalue weighted by atomic mass is 9.97. The molecule has 0 fully saturated rings. The minimum absolute atomic E-state index is 0.711. The fourth-order valence-corrected chi connectivity index (χ4v) is 3.69. The van der Waals surface area contributed by atoms with E-state index in [0.717, 1.165) is 49.9 Å². The highest BCUT2D eigenvalue weighted by atomic mass is 16.5. The molecule has 0 unspecified atom stereocenters. The van der Waals surface area contributed by atoms with Crippen LogP contribution >= 0.6 is 0 Å². The van der Waals surface area contributed by atoms with Gasteiger partial charge in [-0.25, -0.2) is 4.98 Å². The molecule has 0 aliphatic carbocycles. The molecular weight excluding hydrogens is 336 g/mol. The number of methoxy groups -OCH3 is 1. The first-order valence-corrected chi connectivity index (χ1v) is 8.72. The summed E-state index contributed by atoms with van der Waals surface area (Å²) in [5, 5.41) is 1.11. The monoisotopic (exact) mass is 354 g/mol. The minimum atomic E-state index is 0.711. The Morgan fingerprint density at radius 2 is 1.78 bits per heavy atom. The largest absolute Gasteiger partial charge is 0.496 e. The SMILES string of the molecule is COc1ccccc1-c1c[nH]c2ccc(-c3c(N)ccc4[nH]cnc34)cc12. The van der Waals surface area contributed by atoms with Crippen molar-refractivity contribution in [3.63, 3.8) is 0 Å². The van der Waals surface area contributed by atoms with Crippen molar-refractivity contribution in [1.29, 1.82) is 0 Å². The molecule has 0 aliphatic rings. The van der Waals surface area contributed by atoms with Crippen LogP contribution in [0.3, 0.4) is 0 Å². The summed E-state index contributed by atoms with van der Waals surface area (Å²) in [6, 6.07) is 18.2. The molecule has 4 N–H and O–H groups in total.